The van der Waals surface area contributed by atoms with Gasteiger partial charge in [0.2, 0.25) is 0 Å². The van der Waals surface area contributed by atoms with Gasteiger partial charge in [0.05, 0.1) is 0 Å². The molecule has 234 valence electrons. The normalized spacial score (nSPS) is 13.0. The number of para-hydroxylation sites is 1. The molecule has 0 aliphatic heterocycles. The summed E-state index contributed by atoms with van der Waals surface area (Å²) in [5, 5.41) is 12.6. The minimum Gasteiger partial charge on any atom is -0.455 e. The lowest BCUT2D eigenvalue weighted by Crippen LogP contribution is -2.31. The van der Waals surface area contributed by atoms with Crippen molar-refractivity contribution in [1.82, 2.24) is 0 Å². The van der Waals surface area contributed by atoms with Crippen LogP contribution in [0.25, 0.3) is 109 Å². The molecular formula is C48H30OS. The first-order valence-corrected chi connectivity index (χ1v) is 18.2. The molecule has 0 saturated carbocycles. The number of hydrogen-bond acceptors (Lipinski definition) is 2. The van der Waals surface area contributed by atoms with Crippen LogP contribution in [0, 0.1) is 0 Å². The molecule has 0 unspecified atom stereocenters. The Balaban J connectivity index is 1.30. The Morgan fingerprint density at radius 3 is 1.88 bits per heavy atom. The van der Waals surface area contributed by atoms with E-state index in [0.29, 0.717) is 0 Å². The van der Waals surface area contributed by atoms with Gasteiger partial charge in [0.25, 0.3) is 0 Å². The van der Waals surface area contributed by atoms with Crippen molar-refractivity contribution in [3.8, 4) is 33.4 Å². The smallest absolute Gasteiger partial charge is 0.143 e. The predicted octanol–water partition coefficient (Wildman–Crippen LogP) is 12.6. The Hall–Kier alpha value is -5.96. The molecule has 50 heavy (non-hydrogen) atoms. The van der Waals surface area contributed by atoms with Crippen LogP contribution in [0.15, 0.2) is 150 Å². The van der Waals surface area contributed by atoms with Gasteiger partial charge in [-0.3, -0.25) is 0 Å². The van der Waals surface area contributed by atoms with Crippen molar-refractivity contribution in [2.24, 2.45) is 0 Å². The molecule has 0 N–H and O–H groups in total. The molecule has 2 heterocycles. The minimum atomic E-state index is 0.929. The van der Waals surface area contributed by atoms with Gasteiger partial charge in [0, 0.05) is 36.3 Å². The maximum Gasteiger partial charge on any atom is 0.143 e. The fourth-order valence-electron chi connectivity index (χ4n) is 8.46. The Bertz CT molecular complexity index is 3140. The molecule has 2 aromatic heterocycles. The Labute approximate surface area is 292 Å². The maximum atomic E-state index is 6.69. The van der Waals surface area contributed by atoms with Gasteiger partial charge < -0.3 is 4.42 Å². The van der Waals surface area contributed by atoms with Gasteiger partial charge >= 0.3 is 0 Å². The van der Waals surface area contributed by atoms with Crippen LogP contribution in [0.2, 0.25) is 0 Å². The highest BCUT2D eigenvalue weighted by molar-refractivity contribution is 7.25. The van der Waals surface area contributed by atoms with Gasteiger partial charge in [0.1, 0.15) is 11.2 Å². The van der Waals surface area contributed by atoms with E-state index >= 15 is 0 Å². The van der Waals surface area contributed by atoms with Crippen LogP contribution in [0.4, 0.5) is 0 Å². The Morgan fingerprint density at radius 1 is 0.400 bits per heavy atom. The van der Waals surface area contributed by atoms with E-state index in [9.17, 15) is 0 Å². The van der Waals surface area contributed by atoms with E-state index in [1.807, 2.05) is 11.3 Å². The van der Waals surface area contributed by atoms with E-state index < -0.39 is 0 Å². The van der Waals surface area contributed by atoms with Gasteiger partial charge in [-0.15, -0.1) is 11.3 Å². The summed E-state index contributed by atoms with van der Waals surface area (Å²) < 4.78 is 9.30. The van der Waals surface area contributed by atoms with Crippen molar-refractivity contribution < 1.29 is 4.42 Å². The average molecular weight is 655 g/mol. The molecule has 8 aromatic carbocycles. The first-order chi connectivity index (χ1) is 24.8. The second kappa shape index (κ2) is 10.8. The van der Waals surface area contributed by atoms with E-state index in [4.69, 9.17) is 4.42 Å². The molecule has 10 aromatic rings. The molecule has 11 rings (SSSR count). The third-order valence-corrected chi connectivity index (χ3v) is 11.8. The topological polar surface area (TPSA) is 13.1 Å². The van der Waals surface area contributed by atoms with Gasteiger partial charge in [-0.1, -0.05) is 121 Å². The molecule has 1 nitrogen and oxygen atoms in total. The fourth-order valence-corrected chi connectivity index (χ4v) is 9.59. The predicted molar refractivity (Wildman–Crippen MR) is 215 cm³/mol. The summed E-state index contributed by atoms with van der Waals surface area (Å²) in [5.74, 6) is 0. The van der Waals surface area contributed by atoms with Gasteiger partial charge in [0.15, 0.2) is 0 Å². The molecule has 0 amide bonds. The SMILES string of the molecule is C1=c2c(-c3cccc(-c4ccccc4)c3)c3ccccc3c(-c3cc4c5ccccc5oc4c4cc5sc6ccccc6c5cc34)c2=CCC1. The number of rotatable bonds is 3. The Kier molecular flexibility index (Phi) is 6.02. The van der Waals surface area contributed by atoms with Gasteiger partial charge in [-0.2, -0.15) is 0 Å². The van der Waals surface area contributed by atoms with Crippen molar-refractivity contribution in [3.05, 3.63) is 156 Å². The van der Waals surface area contributed by atoms with Crippen LogP contribution in [0.5, 0.6) is 0 Å². The lowest BCUT2D eigenvalue weighted by atomic mass is 9.84. The highest BCUT2D eigenvalue weighted by atomic mass is 32.1. The molecule has 2 heteroatoms. The van der Waals surface area contributed by atoms with E-state index in [1.165, 1.54) is 90.9 Å². The zero-order valence-electron chi connectivity index (χ0n) is 27.2. The second-order valence-electron chi connectivity index (χ2n) is 13.4. The van der Waals surface area contributed by atoms with Crippen molar-refractivity contribution in [3.63, 3.8) is 0 Å². The first kappa shape index (κ1) is 27.9. The minimum absolute atomic E-state index is 0.929. The first-order valence-electron chi connectivity index (χ1n) is 17.4. The third kappa shape index (κ3) is 4.06. The number of benzene rings is 8. The van der Waals surface area contributed by atoms with E-state index in [1.54, 1.807) is 0 Å². The quantitative estimate of drug-likeness (QED) is 0.185. The van der Waals surface area contributed by atoms with Gasteiger partial charge in [-0.25, -0.2) is 0 Å². The zero-order valence-corrected chi connectivity index (χ0v) is 28.1. The molecule has 0 fully saturated rings. The molecule has 0 radical (unpaired) electrons. The van der Waals surface area contributed by atoms with E-state index in [2.05, 4.69) is 158 Å². The summed E-state index contributed by atoms with van der Waals surface area (Å²) >= 11 is 1.87. The van der Waals surface area contributed by atoms with E-state index in [-0.39, 0.29) is 0 Å². The second-order valence-corrected chi connectivity index (χ2v) is 14.5. The molecular weight excluding hydrogens is 625 g/mol. The van der Waals surface area contributed by atoms with Crippen molar-refractivity contribution in [1.29, 1.82) is 0 Å². The number of fused-ring (bicyclic) bond motifs is 10. The van der Waals surface area contributed by atoms with Crippen LogP contribution >= 0.6 is 11.3 Å². The highest BCUT2D eigenvalue weighted by Gasteiger charge is 2.22. The summed E-state index contributed by atoms with van der Waals surface area (Å²) in [6.45, 7) is 0. The Morgan fingerprint density at radius 2 is 1.04 bits per heavy atom. The molecule has 0 bridgehead atoms. The fraction of sp³-hybridized carbons (Fsp3) is 0.0417. The number of thiophene rings is 1. The monoisotopic (exact) mass is 654 g/mol. The molecule has 0 atom stereocenters. The van der Waals surface area contributed by atoms with Crippen molar-refractivity contribution in [2.45, 2.75) is 12.8 Å². The van der Waals surface area contributed by atoms with Crippen molar-refractivity contribution >= 4 is 87.1 Å². The molecule has 1 aliphatic rings. The van der Waals surface area contributed by atoms with E-state index in [0.717, 1.165) is 29.4 Å². The highest BCUT2D eigenvalue weighted by Crippen LogP contribution is 2.45. The molecule has 1 aliphatic carbocycles. The third-order valence-electron chi connectivity index (χ3n) is 10.7. The van der Waals surface area contributed by atoms with Crippen LogP contribution < -0.4 is 10.4 Å². The van der Waals surface area contributed by atoms with Crippen LogP contribution in [0.1, 0.15) is 12.8 Å². The summed E-state index contributed by atoms with van der Waals surface area (Å²) in [6.07, 6.45) is 7.03. The van der Waals surface area contributed by atoms with Crippen LogP contribution in [-0.4, -0.2) is 0 Å². The van der Waals surface area contributed by atoms with Crippen molar-refractivity contribution in [2.75, 3.05) is 0 Å². The van der Waals surface area contributed by atoms with Crippen LogP contribution in [0.3, 0.4) is 0 Å². The lowest BCUT2D eigenvalue weighted by Gasteiger charge is -2.19. The zero-order chi connectivity index (χ0) is 32.8. The summed E-state index contributed by atoms with van der Waals surface area (Å²) in [4.78, 5) is 0. The standard InChI is InChI=1S/C48H30OS/c1-2-13-29(14-3-1)30-15-12-16-31(25-30)46-34-19-4-6-21-36(34)47(37-22-7-5-20-35(37)46)40-27-41-32-17-8-10-23-43(32)49-48(41)42-28-45-39(26-38(40)42)33-18-9-11-24-44(33)50-45/h1-4,6,8-28H,5,7H2. The largest absolute Gasteiger partial charge is 0.455 e. The number of furan rings is 1. The molecule has 0 saturated heterocycles. The van der Waals surface area contributed by atoms with Crippen LogP contribution in [-0.2, 0) is 0 Å². The summed E-state index contributed by atoms with van der Waals surface area (Å²) in [6, 6.07) is 53.4. The summed E-state index contributed by atoms with van der Waals surface area (Å²) in [5.41, 5.74) is 9.51. The molecule has 0 spiro atoms. The maximum absolute atomic E-state index is 6.69. The lowest BCUT2D eigenvalue weighted by molar-refractivity contribution is 0.673. The summed E-state index contributed by atoms with van der Waals surface area (Å²) in [7, 11) is 0. The van der Waals surface area contributed by atoms with Gasteiger partial charge in [-0.05, 0) is 109 Å². The average Bonchev–Trinajstić information content (AvgIpc) is 3.74. The number of hydrogen-bond donors (Lipinski definition) is 0.